The monoisotopic (exact) mass is 598 g/mol. The van der Waals surface area contributed by atoms with Gasteiger partial charge in [-0.2, -0.15) is 0 Å². The number of Topliss-reactive ketones (excluding diaryl/α,β-unsaturated/α-hetero) is 1. The Morgan fingerprint density at radius 2 is 1.98 bits per heavy atom. The van der Waals surface area contributed by atoms with E-state index in [9.17, 15) is 23.9 Å². The number of amides is 1. The molecule has 0 radical (unpaired) electrons. The van der Waals surface area contributed by atoms with Gasteiger partial charge in [-0.05, 0) is 85.7 Å². The standard InChI is InChI=1S/C36H39FN2O5/c1-23-15-24(18-28(37)16-23)17-26-10-5-3-2-4-6-11-27-20-36(27,35(42)43)21-32(40)31-19-29(22-39(31)34(26)41)44-33-30-12-8-7-9-25(30)13-14-38-33/h6-9,11-16,18,26-27,29,31H,2-5,10,17,19-22H2,1H3,(H,42,43)/b11-6-/t26-,27+,29-,31+,36-/m1/s1. The predicted molar refractivity (Wildman–Crippen MR) is 165 cm³/mol. The highest BCUT2D eigenvalue weighted by molar-refractivity contribution is 5.95. The summed E-state index contributed by atoms with van der Waals surface area (Å²) in [4.78, 5) is 46.9. The van der Waals surface area contributed by atoms with Crippen molar-refractivity contribution in [1.29, 1.82) is 0 Å². The number of aliphatic carboxylic acids is 1. The number of carbonyl (C=O) groups excluding carboxylic acids is 2. The van der Waals surface area contributed by atoms with Gasteiger partial charge in [-0.1, -0.05) is 49.3 Å². The number of aryl methyl sites for hydroxylation is 1. The lowest BCUT2D eigenvalue weighted by atomic mass is 9.90. The first-order valence-corrected chi connectivity index (χ1v) is 15.7. The number of aromatic nitrogens is 1. The number of carboxylic acid groups (broad SMARTS) is 1. The van der Waals surface area contributed by atoms with E-state index < -0.39 is 29.4 Å². The molecule has 1 saturated heterocycles. The number of hydrogen-bond acceptors (Lipinski definition) is 5. The number of hydrogen-bond donors (Lipinski definition) is 1. The Labute approximate surface area is 257 Å². The molecule has 1 aliphatic carbocycles. The van der Waals surface area contributed by atoms with Crippen molar-refractivity contribution in [3.63, 3.8) is 0 Å². The van der Waals surface area contributed by atoms with Crippen LogP contribution in [0.1, 0.15) is 62.5 Å². The Morgan fingerprint density at radius 3 is 2.80 bits per heavy atom. The smallest absolute Gasteiger partial charge is 0.310 e. The molecule has 0 unspecified atom stereocenters. The van der Waals surface area contributed by atoms with Gasteiger partial charge in [-0.15, -0.1) is 0 Å². The van der Waals surface area contributed by atoms with E-state index in [-0.39, 0.29) is 42.8 Å². The number of fused-ring (bicyclic) bond motifs is 3. The summed E-state index contributed by atoms with van der Waals surface area (Å²) >= 11 is 0. The van der Waals surface area contributed by atoms with Gasteiger partial charge in [0.15, 0.2) is 5.78 Å². The van der Waals surface area contributed by atoms with Gasteiger partial charge < -0.3 is 14.7 Å². The highest BCUT2D eigenvalue weighted by atomic mass is 19.1. The normalized spacial score (nSPS) is 28.5. The lowest BCUT2D eigenvalue weighted by Crippen LogP contribution is -2.45. The molecule has 0 bridgehead atoms. The number of pyridine rings is 1. The number of ketones is 1. The third-order valence-electron chi connectivity index (χ3n) is 9.61. The van der Waals surface area contributed by atoms with Crippen molar-refractivity contribution >= 4 is 28.4 Å². The summed E-state index contributed by atoms with van der Waals surface area (Å²) in [5.41, 5.74) is 0.415. The van der Waals surface area contributed by atoms with E-state index in [0.717, 1.165) is 47.6 Å². The molecular formula is C36H39FN2O5. The molecule has 3 aromatic rings. The zero-order valence-electron chi connectivity index (χ0n) is 25.1. The first-order chi connectivity index (χ1) is 21.2. The van der Waals surface area contributed by atoms with Crippen LogP contribution in [0.15, 0.2) is 66.9 Å². The molecule has 1 aromatic heterocycles. The van der Waals surface area contributed by atoms with Crippen molar-refractivity contribution in [2.24, 2.45) is 17.3 Å². The Bertz CT molecular complexity index is 1580. The second-order valence-electron chi connectivity index (χ2n) is 12.8. The van der Waals surface area contributed by atoms with Crippen LogP contribution in [0.2, 0.25) is 0 Å². The maximum Gasteiger partial charge on any atom is 0.310 e. The van der Waals surface area contributed by atoms with Gasteiger partial charge in [0.05, 0.1) is 18.0 Å². The SMILES string of the molecule is Cc1cc(F)cc(C[C@H]2CCCCC/C=C\[C@H]3C[C@@]3(C(=O)O)CC(=O)[C@@H]3C[C@@H](Oc4nccc5ccccc45)CN3C2=O)c1. The second kappa shape index (κ2) is 12.5. The second-order valence-corrected chi connectivity index (χ2v) is 12.8. The van der Waals surface area contributed by atoms with Crippen LogP contribution in [0.4, 0.5) is 4.39 Å². The summed E-state index contributed by atoms with van der Waals surface area (Å²) in [6, 6.07) is 13.7. The zero-order valence-corrected chi connectivity index (χ0v) is 25.1. The van der Waals surface area contributed by atoms with Crippen molar-refractivity contribution in [3.05, 3.63) is 83.8 Å². The Morgan fingerprint density at radius 1 is 1.14 bits per heavy atom. The molecular weight excluding hydrogens is 559 g/mol. The van der Waals surface area contributed by atoms with Gasteiger partial charge in [0.25, 0.3) is 0 Å². The minimum atomic E-state index is -1.13. The van der Waals surface area contributed by atoms with E-state index in [1.165, 1.54) is 12.1 Å². The maximum atomic E-state index is 14.4. The molecule has 0 spiro atoms. The predicted octanol–water partition coefficient (Wildman–Crippen LogP) is 6.46. The number of ether oxygens (including phenoxy) is 1. The average molecular weight is 599 g/mol. The number of benzene rings is 2. The van der Waals surface area contributed by atoms with Crippen molar-refractivity contribution in [2.75, 3.05) is 6.54 Å². The molecule has 5 atom stereocenters. The third kappa shape index (κ3) is 6.26. The Balaban J connectivity index is 1.32. The van der Waals surface area contributed by atoms with Crippen LogP contribution in [0.3, 0.4) is 0 Å². The zero-order chi connectivity index (χ0) is 30.8. The number of rotatable bonds is 5. The summed E-state index contributed by atoms with van der Waals surface area (Å²) in [6.07, 6.45) is 10.3. The summed E-state index contributed by atoms with van der Waals surface area (Å²) in [5.74, 6) is -1.89. The molecule has 230 valence electrons. The van der Waals surface area contributed by atoms with Crippen LogP contribution in [-0.4, -0.2) is 51.3 Å². The van der Waals surface area contributed by atoms with Gasteiger partial charge >= 0.3 is 5.97 Å². The van der Waals surface area contributed by atoms with Crippen LogP contribution in [-0.2, 0) is 20.8 Å². The van der Waals surface area contributed by atoms with Gasteiger partial charge in [-0.3, -0.25) is 14.4 Å². The van der Waals surface area contributed by atoms with Gasteiger partial charge in [0, 0.05) is 30.3 Å². The van der Waals surface area contributed by atoms with Gasteiger partial charge in [0.1, 0.15) is 11.9 Å². The number of carboxylic acids is 1. The van der Waals surface area contributed by atoms with Crippen LogP contribution in [0.5, 0.6) is 5.88 Å². The molecule has 1 saturated carbocycles. The molecule has 2 aliphatic heterocycles. The lowest BCUT2D eigenvalue weighted by molar-refractivity contribution is -0.147. The van der Waals surface area contributed by atoms with Crippen LogP contribution in [0.25, 0.3) is 10.8 Å². The molecule has 3 heterocycles. The molecule has 1 N–H and O–H groups in total. The van der Waals surface area contributed by atoms with E-state index in [2.05, 4.69) is 4.98 Å². The summed E-state index contributed by atoms with van der Waals surface area (Å²) < 4.78 is 20.7. The van der Waals surface area contributed by atoms with E-state index >= 15 is 0 Å². The molecule has 44 heavy (non-hydrogen) atoms. The highest BCUT2D eigenvalue weighted by Crippen LogP contribution is 2.57. The van der Waals surface area contributed by atoms with E-state index in [4.69, 9.17) is 4.74 Å². The Hall–Kier alpha value is -4.07. The van der Waals surface area contributed by atoms with Crippen LogP contribution in [0, 0.1) is 30.0 Å². The van der Waals surface area contributed by atoms with Crippen LogP contribution < -0.4 is 4.74 Å². The van der Waals surface area contributed by atoms with Crippen molar-refractivity contribution in [1.82, 2.24) is 9.88 Å². The molecule has 7 nitrogen and oxygen atoms in total. The van der Waals surface area contributed by atoms with Crippen molar-refractivity contribution in [3.8, 4) is 5.88 Å². The lowest BCUT2D eigenvalue weighted by Gasteiger charge is -2.29. The largest absolute Gasteiger partial charge is 0.481 e. The molecule has 8 heteroatoms. The fourth-order valence-corrected chi connectivity index (χ4v) is 7.17. The van der Waals surface area contributed by atoms with Crippen molar-refractivity contribution < 1.29 is 28.6 Å². The summed E-state index contributed by atoms with van der Waals surface area (Å²) in [7, 11) is 0. The summed E-state index contributed by atoms with van der Waals surface area (Å²) in [6.45, 7) is 2.03. The molecule has 6 rings (SSSR count). The fraction of sp³-hybridized carbons (Fsp3) is 0.444. The fourth-order valence-electron chi connectivity index (χ4n) is 7.17. The quantitative estimate of drug-likeness (QED) is 0.339. The minimum Gasteiger partial charge on any atom is -0.481 e. The van der Waals surface area contributed by atoms with Gasteiger partial charge in [-0.25, -0.2) is 9.37 Å². The number of allylic oxidation sites excluding steroid dienone is 2. The van der Waals surface area contributed by atoms with Gasteiger partial charge in [0.2, 0.25) is 11.8 Å². The number of nitrogens with zero attached hydrogens (tertiary/aromatic N) is 2. The van der Waals surface area contributed by atoms with E-state index in [0.29, 0.717) is 25.1 Å². The van der Waals surface area contributed by atoms with E-state index in [1.807, 2.05) is 55.5 Å². The van der Waals surface area contributed by atoms with E-state index in [1.54, 1.807) is 11.1 Å². The average Bonchev–Trinajstić information content (AvgIpc) is 3.52. The summed E-state index contributed by atoms with van der Waals surface area (Å²) in [5, 5.41) is 12.0. The molecule has 1 amide bonds. The van der Waals surface area contributed by atoms with Crippen molar-refractivity contribution in [2.45, 2.75) is 76.9 Å². The minimum absolute atomic E-state index is 0.126. The van der Waals surface area contributed by atoms with Crippen LogP contribution >= 0.6 is 0 Å². The molecule has 2 aromatic carbocycles. The maximum absolute atomic E-state index is 14.4. The molecule has 2 fully saturated rings. The highest BCUT2D eigenvalue weighted by Gasteiger charge is 2.61. The first kappa shape index (κ1) is 30.0. The number of halogens is 1. The Kier molecular flexibility index (Phi) is 8.52. The third-order valence-corrected chi connectivity index (χ3v) is 9.61. The molecule has 3 aliphatic rings. The number of carbonyl (C=O) groups is 3. The topological polar surface area (TPSA) is 96.8 Å². The first-order valence-electron chi connectivity index (χ1n) is 15.7.